The van der Waals surface area contributed by atoms with Crippen molar-refractivity contribution in [3.63, 3.8) is 0 Å². The lowest BCUT2D eigenvalue weighted by molar-refractivity contribution is -0.110. The van der Waals surface area contributed by atoms with Gasteiger partial charge in [0.05, 0.1) is 0 Å². The molecular weight excluding hydrogens is 484 g/mol. The molecule has 2 N–H and O–H groups in total. The van der Waals surface area contributed by atoms with Crippen molar-refractivity contribution < 1.29 is 19.7 Å². The molecule has 0 saturated carbocycles. The van der Waals surface area contributed by atoms with E-state index in [0.29, 0.717) is 22.3 Å². The van der Waals surface area contributed by atoms with E-state index in [1.165, 1.54) is 0 Å². The van der Waals surface area contributed by atoms with Gasteiger partial charge in [-0.05, 0) is 22.3 Å². The molecule has 4 nitrogen and oxygen atoms in total. The first-order valence-electron chi connectivity index (χ1n) is 13.1. The summed E-state index contributed by atoms with van der Waals surface area (Å²) in [6.07, 6.45) is -2.78. The standard InChI is InChI=1S/C35H30O4/c36-34(27-18-8-2-9-19-27,28-20-10-3-11-21-28)31-32(39-33(38-31)26-16-6-1-7-17-26)35(37,29-22-12-4-13-23-29)30-24-14-5-15-25-30/h1-25,31-33,36-37H/t31-,32-/m0/s1. The van der Waals surface area contributed by atoms with E-state index in [9.17, 15) is 10.2 Å². The Labute approximate surface area is 228 Å². The van der Waals surface area contributed by atoms with E-state index in [4.69, 9.17) is 9.47 Å². The molecule has 1 heterocycles. The Balaban J connectivity index is 1.59. The van der Waals surface area contributed by atoms with Gasteiger partial charge in [0.15, 0.2) is 6.29 Å². The lowest BCUT2D eigenvalue weighted by Crippen LogP contribution is -2.54. The molecule has 1 aliphatic rings. The van der Waals surface area contributed by atoms with E-state index in [0.717, 1.165) is 5.56 Å². The van der Waals surface area contributed by atoms with Crippen molar-refractivity contribution >= 4 is 0 Å². The maximum Gasteiger partial charge on any atom is 0.185 e. The molecule has 5 aromatic carbocycles. The van der Waals surface area contributed by atoms with Gasteiger partial charge in [0.25, 0.3) is 0 Å². The fourth-order valence-corrected chi connectivity index (χ4v) is 5.60. The van der Waals surface area contributed by atoms with Crippen molar-refractivity contribution in [3.8, 4) is 0 Å². The summed E-state index contributed by atoms with van der Waals surface area (Å²) in [5.74, 6) is 0. The summed E-state index contributed by atoms with van der Waals surface area (Å²) in [5, 5.41) is 25.7. The minimum atomic E-state index is -1.64. The molecule has 4 heteroatoms. The Hall–Kier alpha value is -4.06. The minimum absolute atomic E-state index is 0.645. The normalized spacial score (nSPS) is 18.2. The highest BCUT2D eigenvalue weighted by atomic mass is 16.7. The number of hydrogen-bond acceptors (Lipinski definition) is 4. The van der Waals surface area contributed by atoms with Gasteiger partial charge in [-0.15, -0.1) is 0 Å². The summed E-state index contributed by atoms with van der Waals surface area (Å²) in [5.41, 5.74) is 0.0950. The Morgan fingerprint density at radius 1 is 0.385 bits per heavy atom. The number of ether oxygens (including phenoxy) is 2. The zero-order valence-corrected chi connectivity index (χ0v) is 21.4. The minimum Gasteiger partial charge on any atom is -0.378 e. The van der Waals surface area contributed by atoms with E-state index >= 15 is 0 Å². The molecule has 0 aromatic heterocycles. The number of hydrogen-bond donors (Lipinski definition) is 2. The van der Waals surface area contributed by atoms with Gasteiger partial charge in [-0.1, -0.05) is 152 Å². The van der Waals surface area contributed by atoms with Crippen LogP contribution in [0, 0.1) is 0 Å². The molecule has 1 saturated heterocycles. The summed E-state index contributed by atoms with van der Waals surface area (Å²) in [6, 6.07) is 47.5. The molecule has 39 heavy (non-hydrogen) atoms. The van der Waals surface area contributed by atoms with Crippen molar-refractivity contribution in [1.82, 2.24) is 0 Å². The average molecular weight is 515 g/mol. The molecule has 194 valence electrons. The molecule has 1 aliphatic heterocycles. The Kier molecular flexibility index (Phi) is 6.86. The van der Waals surface area contributed by atoms with Crippen LogP contribution in [0.3, 0.4) is 0 Å². The van der Waals surface area contributed by atoms with Gasteiger partial charge < -0.3 is 19.7 Å². The summed E-state index contributed by atoms with van der Waals surface area (Å²) in [6.45, 7) is 0. The third-order valence-electron chi connectivity index (χ3n) is 7.57. The highest BCUT2D eigenvalue weighted by Gasteiger charge is 2.59. The smallest absolute Gasteiger partial charge is 0.185 e. The molecule has 0 radical (unpaired) electrons. The van der Waals surface area contributed by atoms with Gasteiger partial charge in [-0.3, -0.25) is 0 Å². The molecule has 5 aromatic rings. The molecule has 2 atom stereocenters. The van der Waals surface area contributed by atoms with Crippen LogP contribution in [0.15, 0.2) is 152 Å². The van der Waals surface area contributed by atoms with E-state index in [2.05, 4.69) is 0 Å². The van der Waals surface area contributed by atoms with E-state index in [1.54, 1.807) is 0 Å². The van der Waals surface area contributed by atoms with Gasteiger partial charge in [0, 0.05) is 5.56 Å². The monoisotopic (exact) mass is 514 g/mol. The molecule has 0 unspecified atom stereocenters. The van der Waals surface area contributed by atoms with Crippen LogP contribution in [0.5, 0.6) is 0 Å². The Bertz CT molecular complexity index is 1300. The van der Waals surface area contributed by atoms with Crippen molar-refractivity contribution in [3.05, 3.63) is 179 Å². The third-order valence-corrected chi connectivity index (χ3v) is 7.57. The van der Waals surface area contributed by atoms with Crippen LogP contribution in [0.25, 0.3) is 0 Å². The second-order valence-electron chi connectivity index (χ2n) is 9.85. The van der Waals surface area contributed by atoms with Crippen LogP contribution in [-0.4, -0.2) is 22.4 Å². The van der Waals surface area contributed by atoms with Gasteiger partial charge in [0.2, 0.25) is 0 Å². The molecule has 1 fully saturated rings. The van der Waals surface area contributed by atoms with Crippen LogP contribution in [0.4, 0.5) is 0 Å². The SMILES string of the molecule is OC(c1ccccc1)(c1ccccc1)[C@H]1OC(c2ccccc2)O[C@@H]1C(O)(c1ccccc1)c1ccccc1. The third kappa shape index (κ3) is 4.48. The molecule has 0 bridgehead atoms. The van der Waals surface area contributed by atoms with Crippen molar-refractivity contribution in [2.24, 2.45) is 0 Å². The summed E-state index contributed by atoms with van der Waals surface area (Å²) in [4.78, 5) is 0. The van der Waals surface area contributed by atoms with Crippen LogP contribution >= 0.6 is 0 Å². The lowest BCUT2D eigenvalue weighted by atomic mass is 9.72. The van der Waals surface area contributed by atoms with Gasteiger partial charge >= 0.3 is 0 Å². The maximum atomic E-state index is 12.8. The van der Waals surface area contributed by atoms with Crippen LogP contribution < -0.4 is 0 Å². The van der Waals surface area contributed by atoms with E-state index < -0.39 is 29.7 Å². The highest BCUT2D eigenvalue weighted by molar-refractivity contribution is 5.43. The topological polar surface area (TPSA) is 58.9 Å². The first-order valence-corrected chi connectivity index (χ1v) is 13.1. The van der Waals surface area contributed by atoms with Crippen LogP contribution in [0.2, 0.25) is 0 Å². The number of rotatable bonds is 7. The zero-order valence-electron chi connectivity index (χ0n) is 21.4. The molecule has 0 aliphatic carbocycles. The van der Waals surface area contributed by atoms with Crippen molar-refractivity contribution in [2.75, 3.05) is 0 Å². The fourth-order valence-electron chi connectivity index (χ4n) is 5.60. The largest absolute Gasteiger partial charge is 0.378 e. The molecule has 0 amide bonds. The second-order valence-corrected chi connectivity index (χ2v) is 9.85. The van der Waals surface area contributed by atoms with Gasteiger partial charge in [-0.2, -0.15) is 0 Å². The average Bonchev–Trinajstić information content (AvgIpc) is 3.49. The van der Waals surface area contributed by atoms with Gasteiger partial charge in [0.1, 0.15) is 23.4 Å². The van der Waals surface area contributed by atoms with Crippen LogP contribution in [0.1, 0.15) is 34.1 Å². The first kappa shape index (κ1) is 25.2. The van der Waals surface area contributed by atoms with E-state index in [-0.39, 0.29) is 0 Å². The van der Waals surface area contributed by atoms with Crippen molar-refractivity contribution in [2.45, 2.75) is 29.7 Å². The summed E-state index contributed by atoms with van der Waals surface area (Å²) >= 11 is 0. The molecule has 6 rings (SSSR count). The zero-order chi connectivity index (χ0) is 26.7. The van der Waals surface area contributed by atoms with E-state index in [1.807, 2.05) is 152 Å². The summed E-state index contributed by atoms with van der Waals surface area (Å²) < 4.78 is 13.4. The Morgan fingerprint density at radius 3 is 0.923 bits per heavy atom. The predicted molar refractivity (Wildman–Crippen MR) is 151 cm³/mol. The quantitative estimate of drug-likeness (QED) is 0.266. The predicted octanol–water partition coefficient (Wildman–Crippen LogP) is 6.34. The summed E-state index contributed by atoms with van der Waals surface area (Å²) in [7, 11) is 0. The number of benzene rings is 5. The second kappa shape index (κ2) is 10.6. The lowest BCUT2D eigenvalue weighted by Gasteiger charge is -2.42. The molecular formula is C35H30O4. The highest BCUT2D eigenvalue weighted by Crippen LogP contribution is 2.50. The van der Waals surface area contributed by atoms with Gasteiger partial charge in [-0.25, -0.2) is 0 Å². The first-order chi connectivity index (χ1) is 19.1. The maximum absolute atomic E-state index is 12.8. The van der Waals surface area contributed by atoms with Crippen LogP contribution in [-0.2, 0) is 20.7 Å². The Morgan fingerprint density at radius 2 is 0.641 bits per heavy atom. The molecule has 0 spiro atoms. The fraction of sp³-hybridized carbons (Fsp3) is 0.143. The van der Waals surface area contributed by atoms with Crippen molar-refractivity contribution in [1.29, 1.82) is 0 Å². The number of aliphatic hydroxyl groups is 2.